The molecule has 2 heteroatoms. The van der Waals surface area contributed by atoms with Gasteiger partial charge in [-0.25, -0.2) is 0 Å². The topological polar surface area (TPSA) is 18.5 Å². The van der Waals surface area contributed by atoms with Crippen LogP contribution in [0.25, 0.3) is 0 Å². The van der Waals surface area contributed by atoms with Gasteiger partial charge in [0.1, 0.15) is 0 Å². The van der Waals surface area contributed by atoms with E-state index in [1.165, 1.54) is 50.5 Å². The van der Waals surface area contributed by atoms with E-state index in [4.69, 9.17) is 11.8 Å². The van der Waals surface area contributed by atoms with Crippen molar-refractivity contribution >= 4 is 0 Å². The molecule has 1 rings (SSSR count). The van der Waals surface area contributed by atoms with Crippen LogP contribution in [-0.4, -0.2) is 6.61 Å². The monoisotopic (exact) mass is 262 g/mol. The summed E-state index contributed by atoms with van der Waals surface area (Å²) in [7, 11) is 0. The molecule has 0 aromatic heterocycles. The lowest BCUT2D eigenvalue weighted by atomic mass is 10.0. The molecule has 0 unspecified atom stereocenters. The lowest BCUT2D eigenvalue weighted by Crippen LogP contribution is -1.96. The zero-order valence-electron chi connectivity index (χ0n) is 12.1. The van der Waals surface area contributed by atoms with Gasteiger partial charge < -0.3 is 4.89 Å². The first kappa shape index (κ1) is 16.0. The smallest absolute Gasteiger partial charge is 0.165 e. The Balaban J connectivity index is 2.09. The van der Waals surface area contributed by atoms with E-state index in [9.17, 15) is 0 Å². The van der Waals surface area contributed by atoms with Gasteiger partial charge in [-0.3, -0.25) is 0 Å². The van der Waals surface area contributed by atoms with Crippen LogP contribution in [0.15, 0.2) is 24.3 Å². The van der Waals surface area contributed by atoms with E-state index in [1.54, 1.807) is 0 Å². The SMILES string of the molecule is [CH]COOc1ccc(CCCCCCCCC)cc1. The molecular formula is C17H26O2. The van der Waals surface area contributed by atoms with E-state index >= 15 is 0 Å². The molecule has 0 heterocycles. The Morgan fingerprint density at radius 2 is 1.53 bits per heavy atom. The van der Waals surface area contributed by atoms with Gasteiger partial charge in [-0.15, -0.1) is 0 Å². The fraction of sp³-hybridized carbons (Fsp3) is 0.588. The van der Waals surface area contributed by atoms with Crippen LogP contribution in [0, 0.1) is 6.92 Å². The third kappa shape index (κ3) is 7.89. The van der Waals surface area contributed by atoms with E-state index < -0.39 is 0 Å². The number of unbranched alkanes of at least 4 members (excludes halogenated alkanes) is 6. The van der Waals surface area contributed by atoms with Crippen molar-refractivity contribution in [2.24, 2.45) is 0 Å². The molecule has 1 aromatic rings. The van der Waals surface area contributed by atoms with Crippen LogP contribution in [0.1, 0.15) is 57.4 Å². The van der Waals surface area contributed by atoms with Crippen molar-refractivity contribution in [3.8, 4) is 5.75 Å². The molecule has 0 saturated carbocycles. The van der Waals surface area contributed by atoms with Crippen molar-refractivity contribution in [3.05, 3.63) is 36.8 Å². The number of hydrogen-bond donors (Lipinski definition) is 0. The van der Waals surface area contributed by atoms with E-state index in [1.807, 2.05) is 12.1 Å². The normalized spacial score (nSPS) is 10.6. The summed E-state index contributed by atoms with van der Waals surface area (Å²) in [5.41, 5.74) is 1.36. The molecule has 0 N–H and O–H groups in total. The first-order chi connectivity index (χ1) is 9.36. The Morgan fingerprint density at radius 3 is 2.16 bits per heavy atom. The summed E-state index contributed by atoms with van der Waals surface area (Å²) in [5, 5.41) is 0. The summed E-state index contributed by atoms with van der Waals surface area (Å²) in [6.45, 7) is 7.51. The van der Waals surface area contributed by atoms with E-state index in [-0.39, 0.29) is 6.61 Å². The van der Waals surface area contributed by atoms with E-state index in [0.717, 1.165) is 6.42 Å². The van der Waals surface area contributed by atoms with Crippen molar-refractivity contribution in [1.29, 1.82) is 0 Å². The average molecular weight is 262 g/mol. The molecule has 0 aliphatic carbocycles. The number of benzene rings is 1. The minimum absolute atomic E-state index is 0.0692. The molecule has 0 bridgehead atoms. The molecule has 19 heavy (non-hydrogen) atoms. The maximum Gasteiger partial charge on any atom is 0.165 e. The minimum Gasteiger partial charge on any atom is -0.338 e. The molecule has 2 nitrogen and oxygen atoms in total. The maximum atomic E-state index is 5.18. The molecule has 0 amide bonds. The molecule has 0 aliphatic rings. The second-order valence-corrected chi connectivity index (χ2v) is 4.88. The fourth-order valence-electron chi connectivity index (χ4n) is 2.10. The third-order valence-electron chi connectivity index (χ3n) is 3.22. The summed E-state index contributed by atoms with van der Waals surface area (Å²) in [6.07, 6.45) is 10.6. The van der Waals surface area contributed by atoms with Gasteiger partial charge in [0.25, 0.3) is 0 Å². The molecule has 0 atom stereocenters. The maximum absolute atomic E-state index is 5.18. The Bertz CT molecular complexity index is 306. The quantitative estimate of drug-likeness (QED) is 0.317. The molecule has 0 saturated heterocycles. The van der Waals surface area contributed by atoms with Gasteiger partial charge in [-0.1, -0.05) is 57.6 Å². The van der Waals surface area contributed by atoms with Crippen molar-refractivity contribution in [3.63, 3.8) is 0 Å². The van der Waals surface area contributed by atoms with Crippen LogP contribution in [0.3, 0.4) is 0 Å². The summed E-state index contributed by atoms with van der Waals surface area (Å²) >= 11 is 0. The average Bonchev–Trinajstić information content (AvgIpc) is 2.45. The Morgan fingerprint density at radius 1 is 0.895 bits per heavy atom. The van der Waals surface area contributed by atoms with Crippen molar-refractivity contribution < 1.29 is 9.78 Å². The highest BCUT2D eigenvalue weighted by molar-refractivity contribution is 5.26. The second kappa shape index (κ2) is 10.9. The zero-order chi connectivity index (χ0) is 13.8. The Labute approximate surface area is 118 Å². The van der Waals surface area contributed by atoms with Gasteiger partial charge in [-0.2, -0.15) is 4.89 Å². The lowest BCUT2D eigenvalue weighted by molar-refractivity contribution is -0.196. The second-order valence-electron chi connectivity index (χ2n) is 4.88. The Kier molecular flexibility index (Phi) is 9.17. The zero-order valence-corrected chi connectivity index (χ0v) is 12.1. The van der Waals surface area contributed by atoms with Gasteiger partial charge in [0.05, 0.1) is 6.61 Å². The number of hydrogen-bond acceptors (Lipinski definition) is 2. The van der Waals surface area contributed by atoms with Gasteiger partial charge in [0, 0.05) is 0 Å². The standard InChI is InChI=1S/C17H26O2/c1-3-5-6-7-8-9-10-11-16-12-14-17(15-13-16)19-18-4-2/h2,12-15H,3-11H2,1H3. The summed E-state index contributed by atoms with van der Waals surface area (Å²) in [4.78, 5) is 9.65. The predicted molar refractivity (Wildman–Crippen MR) is 79.0 cm³/mol. The highest BCUT2D eigenvalue weighted by Crippen LogP contribution is 2.15. The fourth-order valence-corrected chi connectivity index (χ4v) is 2.10. The van der Waals surface area contributed by atoms with Crippen LogP contribution in [0.2, 0.25) is 0 Å². The molecule has 0 fully saturated rings. The van der Waals surface area contributed by atoms with Crippen LogP contribution >= 0.6 is 0 Å². The van der Waals surface area contributed by atoms with Gasteiger partial charge in [0.15, 0.2) is 5.75 Å². The molecule has 2 radical (unpaired) electrons. The summed E-state index contributed by atoms with van der Waals surface area (Å²) < 4.78 is 0. The first-order valence-corrected chi connectivity index (χ1v) is 7.45. The van der Waals surface area contributed by atoms with Gasteiger partial charge in [0.2, 0.25) is 0 Å². The largest absolute Gasteiger partial charge is 0.338 e. The highest BCUT2D eigenvalue weighted by Gasteiger charge is 1.97. The van der Waals surface area contributed by atoms with E-state index in [2.05, 4.69) is 23.9 Å². The molecular weight excluding hydrogens is 236 g/mol. The predicted octanol–water partition coefficient (Wildman–Crippen LogP) is 5.00. The number of aryl methyl sites for hydroxylation is 1. The van der Waals surface area contributed by atoms with Crippen molar-refractivity contribution in [2.75, 3.05) is 6.61 Å². The van der Waals surface area contributed by atoms with Crippen LogP contribution in [0.5, 0.6) is 5.75 Å². The first-order valence-electron chi connectivity index (χ1n) is 7.45. The van der Waals surface area contributed by atoms with Gasteiger partial charge >= 0.3 is 0 Å². The van der Waals surface area contributed by atoms with Crippen molar-refractivity contribution in [1.82, 2.24) is 0 Å². The Hall–Kier alpha value is -1.02. The molecule has 0 aliphatic heterocycles. The molecule has 0 spiro atoms. The highest BCUT2D eigenvalue weighted by atomic mass is 17.2. The third-order valence-corrected chi connectivity index (χ3v) is 3.22. The molecule has 1 aromatic carbocycles. The van der Waals surface area contributed by atoms with Crippen LogP contribution in [0.4, 0.5) is 0 Å². The minimum atomic E-state index is 0.0692. The summed E-state index contributed by atoms with van der Waals surface area (Å²) in [5.74, 6) is 0.703. The van der Waals surface area contributed by atoms with Crippen LogP contribution in [-0.2, 0) is 11.3 Å². The van der Waals surface area contributed by atoms with Gasteiger partial charge in [-0.05, 0) is 37.5 Å². The van der Waals surface area contributed by atoms with Crippen molar-refractivity contribution in [2.45, 2.75) is 58.3 Å². The lowest BCUT2D eigenvalue weighted by Gasteiger charge is -2.05. The number of rotatable bonds is 11. The summed E-state index contributed by atoms with van der Waals surface area (Å²) in [6, 6.07) is 8.02. The van der Waals surface area contributed by atoms with Crippen LogP contribution < -0.4 is 4.89 Å². The molecule has 106 valence electrons. The van der Waals surface area contributed by atoms with E-state index in [0.29, 0.717) is 5.75 Å².